The minimum Gasteiger partial charge on any atom is -0.465 e. The van der Waals surface area contributed by atoms with E-state index in [0.717, 1.165) is 0 Å². The quantitative estimate of drug-likeness (QED) is 0.347. The molecule has 29 heavy (non-hydrogen) atoms. The number of furan rings is 1. The van der Waals surface area contributed by atoms with Crippen LogP contribution in [0.3, 0.4) is 0 Å². The van der Waals surface area contributed by atoms with Gasteiger partial charge in [-0.3, -0.25) is 15.6 Å². The molecular weight excluding hydrogens is 374 g/mol. The third-order valence-corrected chi connectivity index (χ3v) is 3.91. The molecule has 0 atom stereocenters. The topological polar surface area (TPSA) is 125 Å². The predicted molar refractivity (Wildman–Crippen MR) is 106 cm³/mol. The SMILES string of the molecule is COC(=O)c1ccccc1C(=O)Nc1cccc(C(=N)OC(=N)c2ccco2)c1. The Bertz CT molecular complexity index is 1070. The molecule has 0 bridgehead atoms. The van der Waals surface area contributed by atoms with Gasteiger partial charge in [-0.2, -0.15) is 0 Å². The van der Waals surface area contributed by atoms with Crippen LogP contribution in [0.5, 0.6) is 0 Å². The molecule has 0 aliphatic carbocycles. The van der Waals surface area contributed by atoms with Gasteiger partial charge >= 0.3 is 5.97 Å². The Hall–Kier alpha value is -4.20. The van der Waals surface area contributed by atoms with Crippen molar-refractivity contribution >= 4 is 29.4 Å². The highest BCUT2D eigenvalue weighted by atomic mass is 16.5. The summed E-state index contributed by atoms with van der Waals surface area (Å²) in [5.41, 5.74) is 1.05. The van der Waals surface area contributed by atoms with Crippen molar-refractivity contribution in [3.63, 3.8) is 0 Å². The van der Waals surface area contributed by atoms with Crippen LogP contribution in [0, 0.1) is 10.8 Å². The Kier molecular flexibility index (Phi) is 5.84. The van der Waals surface area contributed by atoms with Crippen LogP contribution >= 0.6 is 0 Å². The average Bonchev–Trinajstić information content (AvgIpc) is 3.28. The van der Waals surface area contributed by atoms with E-state index in [4.69, 9.17) is 24.7 Å². The molecule has 3 rings (SSSR count). The third-order valence-electron chi connectivity index (χ3n) is 3.91. The molecule has 0 fully saturated rings. The van der Waals surface area contributed by atoms with Crippen LogP contribution in [0.2, 0.25) is 0 Å². The van der Waals surface area contributed by atoms with Crippen LogP contribution in [0.25, 0.3) is 0 Å². The predicted octanol–water partition coefficient (Wildman–Crippen LogP) is 3.69. The molecule has 0 aliphatic rings. The third kappa shape index (κ3) is 4.56. The average molecular weight is 391 g/mol. The maximum Gasteiger partial charge on any atom is 0.338 e. The lowest BCUT2D eigenvalue weighted by molar-refractivity contribution is 0.0597. The summed E-state index contributed by atoms with van der Waals surface area (Å²) in [5, 5.41) is 18.5. The number of methoxy groups -OCH3 is 1. The Labute approximate surface area is 166 Å². The summed E-state index contributed by atoms with van der Waals surface area (Å²) < 4.78 is 14.9. The number of benzene rings is 2. The Morgan fingerprint density at radius 1 is 0.931 bits per heavy atom. The van der Waals surface area contributed by atoms with E-state index in [-0.39, 0.29) is 28.7 Å². The number of nitrogens with one attached hydrogen (secondary N) is 3. The molecule has 0 aliphatic heterocycles. The second kappa shape index (κ2) is 8.66. The number of carbonyl (C=O) groups is 2. The summed E-state index contributed by atoms with van der Waals surface area (Å²) in [6.07, 6.45) is 1.40. The molecule has 0 saturated heterocycles. The second-order valence-electron chi connectivity index (χ2n) is 5.81. The summed E-state index contributed by atoms with van der Waals surface area (Å²) in [7, 11) is 1.24. The molecule has 0 spiro atoms. The highest BCUT2D eigenvalue weighted by Gasteiger charge is 2.18. The fourth-order valence-corrected chi connectivity index (χ4v) is 2.52. The first-order chi connectivity index (χ1) is 14.0. The second-order valence-corrected chi connectivity index (χ2v) is 5.81. The Balaban J connectivity index is 1.75. The van der Waals surface area contributed by atoms with Gasteiger partial charge in [0.05, 0.1) is 24.5 Å². The number of rotatable bonds is 5. The van der Waals surface area contributed by atoms with Crippen molar-refractivity contribution in [3.8, 4) is 0 Å². The molecule has 0 radical (unpaired) electrons. The number of carbonyl (C=O) groups excluding carboxylic acids is 2. The monoisotopic (exact) mass is 391 g/mol. The molecule has 8 heteroatoms. The fraction of sp³-hybridized carbons (Fsp3) is 0.0476. The van der Waals surface area contributed by atoms with Gasteiger partial charge in [0.2, 0.25) is 5.90 Å². The van der Waals surface area contributed by atoms with Gasteiger partial charge in [-0.1, -0.05) is 18.2 Å². The number of hydrogen-bond donors (Lipinski definition) is 3. The molecule has 0 saturated carbocycles. The number of anilines is 1. The summed E-state index contributed by atoms with van der Waals surface area (Å²) >= 11 is 0. The molecular formula is C21H17N3O5. The maximum absolute atomic E-state index is 12.6. The van der Waals surface area contributed by atoms with Crippen molar-refractivity contribution in [1.82, 2.24) is 0 Å². The summed E-state index contributed by atoms with van der Waals surface area (Å²) in [4.78, 5) is 24.5. The van der Waals surface area contributed by atoms with E-state index in [9.17, 15) is 9.59 Å². The van der Waals surface area contributed by atoms with E-state index in [2.05, 4.69) is 5.32 Å². The summed E-state index contributed by atoms with van der Waals surface area (Å²) in [5.74, 6) is -1.51. The van der Waals surface area contributed by atoms with Crippen LogP contribution in [-0.2, 0) is 9.47 Å². The molecule has 0 unspecified atom stereocenters. The van der Waals surface area contributed by atoms with Crippen molar-refractivity contribution in [2.75, 3.05) is 12.4 Å². The normalized spacial score (nSPS) is 10.1. The van der Waals surface area contributed by atoms with Crippen molar-refractivity contribution in [2.45, 2.75) is 0 Å². The van der Waals surface area contributed by atoms with E-state index in [1.807, 2.05) is 0 Å². The smallest absolute Gasteiger partial charge is 0.338 e. The zero-order chi connectivity index (χ0) is 20.8. The van der Waals surface area contributed by atoms with E-state index >= 15 is 0 Å². The lowest BCUT2D eigenvalue weighted by atomic mass is 10.1. The van der Waals surface area contributed by atoms with Gasteiger partial charge in [-0.15, -0.1) is 0 Å². The minimum atomic E-state index is -0.615. The lowest BCUT2D eigenvalue weighted by Crippen LogP contribution is -2.17. The van der Waals surface area contributed by atoms with Gasteiger partial charge in [0.15, 0.2) is 5.76 Å². The first kappa shape index (κ1) is 19.6. The molecule has 1 amide bonds. The number of ether oxygens (including phenoxy) is 2. The molecule has 3 N–H and O–H groups in total. The van der Waals surface area contributed by atoms with E-state index < -0.39 is 11.9 Å². The van der Waals surface area contributed by atoms with Gasteiger partial charge in [0.1, 0.15) is 0 Å². The summed E-state index contributed by atoms with van der Waals surface area (Å²) in [6.45, 7) is 0. The Morgan fingerprint density at radius 2 is 1.69 bits per heavy atom. The van der Waals surface area contributed by atoms with Crippen LogP contribution in [-0.4, -0.2) is 30.8 Å². The standard InChI is InChI=1S/C21H17N3O5/c1-27-21(26)16-9-3-2-8-15(16)20(25)24-14-7-4-6-13(12-14)18(22)29-19(23)17-10-5-11-28-17/h2-12,22-23H,1H3,(H,24,25). The first-order valence-electron chi connectivity index (χ1n) is 8.47. The first-order valence-corrected chi connectivity index (χ1v) is 8.47. The van der Waals surface area contributed by atoms with Gasteiger partial charge in [-0.25, -0.2) is 4.79 Å². The van der Waals surface area contributed by atoms with Gasteiger partial charge in [-0.05, 0) is 42.5 Å². The largest absolute Gasteiger partial charge is 0.465 e. The molecule has 1 aromatic heterocycles. The maximum atomic E-state index is 12.6. The minimum absolute atomic E-state index is 0.145. The van der Waals surface area contributed by atoms with Crippen molar-refractivity contribution in [1.29, 1.82) is 10.8 Å². The molecule has 2 aromatic carbocycles. The van der Waals surface area contributed by atoms with Crippen molar-refractivity contribution < 1.29 is 23.5 Å². The van der Waals surface area contributed by atoms with Crippen LogP contribution < -0.4 is 5.32 Å². The van der Waals surface area contributed by atoms with Gasteiger partial charge in [0, 0.05) is 11.3 Å². The van der Waals surface area contributed by atoms with Gasteiger partial charge < -0.3 is 19.2 Å². The molecule has 8 nitrogen and oxygen atoms in total. The molecule has 3 aromatic rings. The van der Waals surface area contributed by atoms with Crippen molar-refractivity contribution in [2.24, 2.45) is 0 Å². The van der Waals surface area contributed by atoms with E-state index in [0.29, 0.717) is 11.3 Å². The Morgan fingerprint density at radius 3 is 2.38 bits per heavy atom. The fourth-order valence-electron chi connectivity index (χ4n) is 2.52. The van der Waals surface area contributed by atoms with E-state index in [1.54, 1.807) is 42.5 Å². The zero-order valence-electron chi connectivity index (χ0n) is 15.4. The molecule has 146 valence electrons. The van der Waals surface area contributed by atoms with E-state index in [1.165, 1.54) is 31.6 Å². The number of hydrogen-bond acceptors (Lipinski definition) is 7. The highest BCUT2D eigenvalue weighted by Crippen LogP contribution is 2.16. The van der Waals surface area contributed by atoms with Gasteiger partial charge in [0.25, 0.3) is 11.8 Å². The lowest BCUT2D eigenvalue weighted by Gasteiger charge is -2.11. The van der Waals surface area contributed by atoms with Crippen LogP contribution in [0.15, 0.2) is 71.3 Å². The van der Waals surface area contributed by atoms with Crippen LogP contribution in [0.4, 0.5) is 5.69 Å². The van der Waals surface area contributed by atoms with Crippen molar-refractivity contribution in [3.05, 3.63) is 89.4 Å². The molecule has 1 heterocycles. The highest BCUT2D eigenvalue weighted by molar-refractivity contribution is 6.11. The number of esters is 1. The zero-order valence-corrected chi connectivity index (χ0v) is 15.4. The summed E-state index contributed by atoms with van der Waals surface area (Å²) in [6, 6.07) is 15.8. The number of amides is 1. The van der Waals surface area contributed by atoms with Crippen LogP contribution in [0.1, 0.15) is 32.0 Å².